The Morgan fingerprint density at radius 1 is 1.23 bits per heavy atom. The molecule has 0 spiro atoms. The van der Waals surface area contributed by atoms with E-state index in [1.54, 1.807) is 49.5 Å². The lowest BCUT2D eigenvalue weighted by molar-refractivity contribution is 0.0746. The molecule has 0 saturated heterocycles. The smallest absolute Gasteiger partial charge is 0.268 e. The van der Waals surface area contributed by atoms with E-state index in [1.165, 1.54) is 4.57 Å². The molecule has 4 rings (SSSR count). The molecule has 26 heavy (non-hydrogen) atoms. The molecule has 1 amide bonds. The van der Waals surface area contributed by atoms with Gasteiger partial charge < -0.3 is 9.64 Å². The van der Waals surface area contributed by atoms with Crippen LogP contribution in [0, 0.1) is 6.92 Å². The molecular formula is C19H18N4O3. The molecule has 1 aromatic carbocycles. The van der Waals surface area contributed by atoms with E-state index >= 15 is 0 Å². The largest absolute Gasteiger partial charge is 0.495 e. The first kappa shape index (κ1) is 16.1. The predicted octanol–water partition coefficient (Wildman–Crippen LogP) is 2.03. The van der Waals surface area contributed by atoms with Gasteiger partial charge in [0.25, 0.3) is 11.5 Å². The maximum absolute atomic E-state index is 13.1. The van der Waals surface area contributed by atoms with Gasteiger partial charge in [0.2, 0.25) is 0 Å². The van der Waals surface area contributed by atoms with E-state index in [4.69, 9.17) is 4.74 Å². The number of ether oxygens (including phenoxy) is 1. The molecule has 1 aliphatic heterocycles. The fourth-order valence-electron chi connectivity index (χ4n) is 3.27. The number of para-hydroxylation sites is 2. The monoisotopic (exact) mass is 350 g/mol. The summed E-state index contributed by atoms with van der Waals surface area (Å²) < 4.78 is 6.81. The summed E-state index contributed by atoms with van der Waals surface area (Å²) in [6.45, 7) is 2.65. The number of fused-ring (bicyclic) bond motifs is 1. The van der Waals surface area contributed by atoms with Crippen molar-refractivity contribution in [2.45, 2.75) is 20.0 Å². The Morgan fingerprint density at radius 3 is 2.81 bits per heavy atom. The van der Waals surface area contributed by atoms with E-state index in [2.05, 4.69) is 10.2 Å². The minimum absolute atomic E-state index is 0.177. The van der Waals surface area contributed by atoms with Gasteiger partial charge in [-0.05, 0) is 30.7 Å². The Bertz CT molecular complexity index is 1030. The van der Waals surface area contributed by atoms with Gasteiger partial charge in [0, 0.05) is 18.3 Å². The van der Waals surface area contributed by atoms with Crippen molar-refractivity contribution in [3.63, 3.8) is 0 Å². The third-order valence-electron chi connectivity index (χ3n) is 4.66. The molecule has 0 bridgehead atoms. The van der Waals surface area contributed by atoms with Crippen LogP contribution in [-0.2, 0) is 13.1 Å². The van der Waals surface area contributed by atoms with E-state index in [0.717, 1.165) is 11.3 Å². The number of H-pyrrole nitrogens is 1. The third kappa shape index (κ3) is 2.48. The molecule has 7 nitrogen and oxygen atoms in total. The van der Waals surface area contributed by atoms with Crippen LogP contribution in [0.2, 0.25) is 0 Å². The van der Waals surface area contributed by atoms with Gasteiger partial charge in [-0.15, -0.1) is 0 Å². The van der Waals surface area contributed by atoms with Crippen LogP contribution in [0.3, 0.4) is 0 Å². The van der Waals surface area contributed by atoms with Gasteiger partial charge >= 0.3 is 0 Å². The number of benzene rings is 1. The molecule has 0 fully saturated rings. The summed E-state index contributed by atoms with van der Waals surface area (Å²) in [4.78, 5) is 27.8. The number of methoxy groups -OCH3 is 1. The standard InChI is InChI=1S/C19H18N4O3/c1-12-7-8-23(15-5-3-4-6-16(15)26-2)19(25)17(12)18(24)22-10-13-9-20-21-14(13)11-22/h3-9H,10-11H2,1-2H3,(H,20,21). The maximum Gasteiger partial charge on any atom is 0.268 e. The Morgan fingerprint density at radius 2 is 2.04 bits per heavy atom. The van der Waals surface area contributed by atoms with Crippen molar-refractivity contribution in [1.82, 2.24) is 19.7 Å². The zero-order valence-corrected chi connectivity index (χ0v) is 14.5. The number of hydrogen-bond donors (Lipinski definition) is 1. The van der Waals surface area contributed by atoms with Crippen molar-refractivity contribution in [2.75, 3.05) is 7.11 Å². The lowest BCUT2D eigenvalue weighted by Crippen LogP contribution is -2.34. The van der Waals surface area contributed by atoms with Crippen molar-refractivity contribution in [1.29, 1.82) is 0 Å². The Labute approximate surface area is 149 Å². The number of rotatable bonds is 3. The van der Waals surface area contributed by atoms with Gasteiger partial charge in [-0.1, -0.05) is 12.1 Å². The minimum atomic E-state index is -0.354. The van der Waals surface area contributed by atoms with E-state index in [1.807, 2.05) is 12.1 Å². The molecule has 2 aromatic heterocycles. The number of nitrogens with zero attached hydrogens (tertiary/aromatic N) is 3. The van der Waals surface area contributed by atoms with Gasteiger partial charge in [0.1, 0.15) is 11.3 Å². The summed E-state index contributed by atoms with van der Waals surface area (Å²) in [7, 11) is 1.55. The zero-order chi connectivity index (χ0) is 18.3. The molecule has 1 N–H and O–H groups in total. The minimum Gasteiger partial charge on any atom is -0.495 e. The molecule has 0 unspecified atom stereocenters. The average Bonchev–Trinajstić information content (AvgIpc) is 3.24. The number of carbonyl (C=O) groups is 1. The SMILES string of the molecule is COc1ccccc1-n1ccc(C)c(C(=O)N2Cc3cn[nH]c3C2)c1=O. The summed E-state index contributed by atoms with van der Waals surface area (Å²) in [5.41, 5.74) is 2.98. The summed E-state index contributed by atoms with van der Waals surface area (Å²) >= 11 is 0. The molecule has 7 heteroatoms. The second kappa shape index (κ2) is 6.18. The van der Waals surface area contributed by atoms with Crippen LogP contribution in [0.5, 0.6) is 5.75 Å². The highest BCUT2D eigenvalue weighted by Gasteiger charge is 2.29. The molecule has 3 heterocycles. The summed E-state index contributed by atoms with van der Waals surface area (Å²) in [6.07, 6.45) is 3.39. The molecular weight excluding hydrogens is 332 g/mol. The van der Waals surface area contributed by atoms with E-state index in [0.29, 0.717) is 30.1 Å². The van der Waals surface area contributed by atoms with E-state index < -0.39 is 0 Å². The Hall–Kier alpha value is -3.35. The number of hydrogen-bond acceptors (Lipinski definition) is 4. The highest BCUT2D eigenvalue weighted by molar-refractivity contribution is 5.95. The molecule has 0 saturated carbocycles. The maximum atomic E-state index is 13.1. The summed E-state index contributed by atoms with van der Waals surface area (Å²) in [5, 5.41) is 6.87. The second-order valence-corrected chi connectivity index (χ2v) is 6.26. The van der Waals surface area contributed by atoms with Gasteiger partial charge in [-0.2, -0.15) is 5.10 Å². The number of amides is 1. The van der Waals surface area contributed by atoms with Crippen LogP contribution in [0.15, 0.2) is 47.5 Å². The topological polar surface area (TPSA) is 80.2 Å². The number of aromatic nitrogens is 3. The zero-order valence-electron chi connectivity index (χ0n) is 14.5. The van der Waals surface area contributed by atoms with Crippen molar-refractivity contribution in [2.24, 2.45) is 0 Å². The lowest BCUT2D eigenvalue weighted by Gasteiger charge is -2.18. The molecule has 0 aliphatic carbocycles. The number of nitrogens with one attached hydrogen (secondary N) is 1. The van der Waals surface area contributed by atoms with Crippen LogP contribution in [0.4, 0.5) is 0 Å². The Balaban J connectivity index is 1.77. The first-order valence-electron chi connectivity index (χ1n) is 8.26. The van der Waals surface area contributed by atoms with Crippen LogP contribution < -0.4 is 10.3 Å². The quantitative estimate of drug-likeness (QED) is 0.784. The Kier molecular flexibility index (Phi) is 3.84. The van der Waals surface area contributed by atoms with Crippen molar-refractivity contribution in [3.05, 3.63) is 75.5 Å². The third-order valence-corrected chi connectivity index (χ3v) is 4.66. The van der Waals surface area contributed by atoms with Crippen LogP contribution >= 0.6 is 0 Å². The van der Waals surface area contributed by atoms with Crippen LogP contribution in [0.1, 0.15) is 27.2 Å². The lowest BCUT2D eigenvalue weighted by atomic mass is 10.1. The molecule has 3 aromatic rings. The van der Waals surface area contributed by atoms with Crippen LogP contribution in [-0.4, -0.2) is 32.7 Å². The number of aryl methyl sites for hydroxylation is 1. The predicted molar refractivity (Wildman–Crippen MR) is 95.5 cm³/mol. The summed E-state index contributed by atoms with van der Waals surface area (Å²) in [5.74, 6) is 0.292. The highest BCUT2D eigenvalue weighted by Crippen LogP contribution is 2.24. The fraction of sp³-hybridized carbons (Fsp3) is 0.211. The normalized spacial score (nSPS) is 12.9. The van der Waals surface area contributed by atoms with Gasteiger partial charge in [-0.3, -0.25) is 19.3 Å². The first-order valence-corrected chi connectivity index (χ1v) is 8.26. The van der Waals surface area contributed by atoms with E-state index in [-0.39, 0.29) is 17.0 Å². The van der Waals surface area contributed by atoms with Crippen LogP contribution in [0.25, 0.3) is 5.69 Å². The molecule has 0 radical (unpaired) electrons. The number of aromatic amines is 1. The average molecular weight is 350 g/mol. The van der Waals surface area contributed by atoms with Crippen molar-refractivity contribution < 1.29 is 9.53 Å². The van der Waals surface area contributed by atoms with Crippen molar-refractivity contribution in [3.8, 4) is 11.4 Å². The van der Waals surface area contributed by atoms with Gasteiger partial charge in [0.15, 0.2) is 0 Å². The first-order chi connectivity index (χ1) is 12.6. The fourth-order valence-corrected chi connectivity index (χ4v) is 3.27. The number of pyridine rings is 1. The second-order valence-electron chi connectivity index (χ2n) is 6.26. The van der Waals surface area contributed by atoms with Gasteiger partial charge in [-0.25, -0.2) is 0 Å². The summed E-state index contributed by atoms with van der Waals surface area (Å²) in [6, 6.07) is 9.00. The van der Waals surface area contributed by atoms with Gasteiger partial charge in [0.05, 0.1) is 31.2 Å². The molecule has 132 valence electrons. The van der Waals surface area contributed by atoms with E-state index in [9.17, 15) is 9.59 Å². The van der Waals surface area contributed by atoms with Crippen molar-refractivity contribution >= 4 is 5.91 Å². The molecule has 0 atom stereocenters. The molecule has 1 aliphatic rings. The number of carbonyl (C=O) groups excluding carboxylic acids is 1. The highest BCUT2D eigenvalue weighted by atomic mass is 16.5.